The quantitative estimate of drug-likeness (QED) is 0.807. The summed E-state index contributed by atoms with van der Waals surface area (Å²) in [6, 6.07) is 0.419. The molecule has 2 atom stereocenters. The highest BCUT2D eigenvalue weighted by Crippen LogP contribution is 2.34. The second-order valence-corrected chi connectivity index (χ2v) is 6.01. The molecule has 0 spiro atoms. The lowest BCUT2D eigenvalue weighted by Gasteiger charge is -2.31. The second-order valence-electron chi connectivity index (χ2n) is 6.01. The van der Waals surface area contributed by atoms with E-state index in [2.05, 4.69) is 17.6 Å². The van der Waals surface area contributed by atoms with Crippen molar-refractivity contribution in [1.82, 2.24) is 10.6 Å². The summed E-state index contributed by atoms with van der Waals surface area (Å²) in [6.45, 7) is 4.37. The van der Waals surface area contributed by atoms with Crippen molar-refractivity contribution in [3.05, 3.63) is 0 Å². The Morgan fingerprint density at radius 3 is 2.44 bits per heavy atom. The number of hydrogen-bond acceptors (Lipinski definition) is 2. The van der Waals surface area contributed by atoms with Gasteiger partial charge in [-0.1, -0.05) is 32.6 Å². The van der Waals surface area contributed by atoms with E-state index >= 15 is 0 Å². The van der Waals surface area contributed by atoms with Crippen LogP contribution < -0.4 is 10.6 Å². The van der Waals surface area contributed by atoms with Crippen LogP contribution in [0.4, 0.5) is 0 Å². The van der Waals surface area contributed by atoms with Gasteiger partial charge in [0.1, 0.15) is 0 Å². The van der Waals surface area contributed by atoms with Crippen LogP contribution in [0.15, 0.2) is 0 Å². The lowest BCUT2D eigenvalue weighted by Crippen LogP contribution is -2.43. The van der Waals surface area contributed by atoms with Crippen LogP contribution in [0.1, 0.15) is 58.3 Å². The molecular formula is C15H28N2O. The Hall–Kier alpha value is -0.570. The highest BCUT2D eigenvalue weighted by Gasteiger charge is 2.26. The summed E-state index contributed by atoms with van der Waals surface area (Å²) in [5, 5.41) is 6.57. The third-order valence-electron chi connectivity index (χ3n) is 4.74. The highest BCUT2D eigenvalue weighted by molar-refractivity contribution is 5.76. The maximum Gasteiger partial charge on any atom is 0.220 e. The van der Waals surface area contributed by atoms with Crippen molar-refractivity contribution in [3.8, 4) is 0 Å². The molecule has 2 aliphatic rings. The van der Waals surface area contributed by atoms with Crippen LogP contribution in [0.3, 0.4) is 0 Å². The predicted octanol–water partition coefficient (Wildman–Crippen LogP) is 2.46. The largest absolute Gasteiger partial charge is 0.353 e. The van der Waals surface area contributed by atoms with Gasteiger partial charge in [-0.25, -0.2) is 0 Å². The third kappa shape index (κ3) is 3.98. The van der Waals surface area contributed by atoms with Crippen molar-refractivity contribution in [3.63, 3.8) is 0 Å². The van der Waals surface area contributed by atoms with Crippen LogP contribution in [0.5, 0.6) is 0 Å². The molecule has 1 saturated heterocycles. The summed E-state index contributed by atoms with van der Waals surface area (Å²) in [6.07, 6.45) is 9.47. The van der Waals surface area contributed by atoms with Gasteiger partial charge in [0, 0.05) is 12.5 Å². The molecule has 1 saturated carbocycles. The normalized spacial score (nSPS) is 30.1. The van der Waals surface area contributed by atoms with E-state index in [4.69, 9.17) is 0 Å². The van der Waals surface area contributed by atoms with E-state index < -0.39 is 0 Å². The molecule has 18 heavy (non-hydrogen) atoms. The molecule has 1 amide bonds. The van der Waals surface area contributed by atoms with Crippen LogP contribution in [0.2, 0.25) is 0 Å². The van der Waals surface area contributed by atoms with E-state index in [1.807, 2.05) is 0 Å². The van der Waals surface area contributed by atoms with E-state index in [0.29, 0.717) is 17.9 Å². The Kier molecular flexibility index (Phi) is 5.48. The number of carbonyl (C=O) groups is 1. The number of piperidine rings is 1. The summed E-state index contributed by atoms with van der Waals surface area (Å²) >= 11 is 0. The standard InChI is InChI=1S/C15H28N2O/c1-2-12-5-3-4-6-13(12)11-15(18)17-14-7-9-16-10-8-14/h12-14,16H,2-11H2,1H3,(H,17,18)/t12-,13+/m0/s1. The van der Waals surface area contributed by atoms with Crippen molar-refractivity contribution in [2.24, 2.45) is 11.8 Å². The van der Waals surface area contributed by atoms with Gasteiger partial charge in [0.05, 0.1) is 0 Å². The molecule has 3 nitrogen and oxygen atoms in total. The van der Waals surface area contributed by atoms with Gasteiger partial charge >= 0.3 is 0 Å². The Morgan fingerprint density at radius 1 is 1.11 bits per heavy atom. The molecule has 2 rings (SSSR count). The molecule has 3 heteroatoms. The summed E-state index contributed by atoms with van der Waals surface area (Å²) in [5.74, 6) is 1.73. The van der Waals surface area contributed by atoms with E-state index in [0.717, 1.165) is 38.3 Å². The Morgan fingerprint density at radius 2 is 1.78 bits per heavy atom. The zero-order chi connectivity index (χ0) is 12.8. The maximum atomic E-state index is 12.1. The molecule has 0 aromatic carbocycles. The van der Waals surface area contributed by atoms with E-state index in [1.54, 1.807) is 0 Å². The average Bonchev–Trinajstić information content (AvgIpc) is 2.40. The fourth-order valence-corrected chi connectivity index (χ4v) is 3.58. The minimum Gasteiger partial charge on any atom is -0.353 e. The zero-order valence-electron chi connectivity index (χ0n) is 11.7. The SMILES string of the molecule is CC[C@H]1CCCC[C@@H]1CC(=O)NC1CCNCC1. The van der Waals surface area contributed by atoms with E-state index in [9.17, 15) is 4.79 Å². The van der Waals surface area contributed by atoms with Crippen LogP contribution >= 0.6 is 0 Å². The smallest absolute Gasteiger partial charge is 0.220 e. The molecule has 1 aliphatic heterocycles. The van der Waals surface area contributed by atoms with Gasteiger partial charge < -0.3 is 10.6 Å². The van der Waals surface area contributed by atoms with Crippen LogP contribution in [-0.4, -0.2) is 25.0 Å². The first kappa shape index (κ1) is 13.9. The molecule has 2 N–H and O–H groups in total. The average molecular weight is 252 g/mol. The molecular weight excluding hydrogens is 224 g/mol. The molecule has 1 aliphatic carbocycles. The Balaban J connectivity index is 1.75. The Bertz CT molecular complexity index is 261. The van der Waals surface area contributed by atoms with Crippen molar-refractivity contribution < 1.29 is 4.79 Å². The third-order valence-corrected chi connectivity index (χ3v) is 4.74. The van der Waals surface area contributed by atoms with Crippen LogP contribution in [0.25, 0.3) is 0 Å². The van der Waals surface area contributed by atoms with Crippen molar-refractivity contribution >= 4 is 5.91 Å². The second kappa shape index (κ2) is 7.13. The minimum absolute atomic E-state index is 0.298. The molecule has 1 heterocycles. The number of amides is 1. The molecule has 0 aromatic heterocycles. The summed E-state index contributed by atoms with van der Waals surface area (Å²) in [5.41, 5.74) is 0. The van der Waals surface area contributed by atoms with Crippen LogP contribution in [0, 0.1) is 11.8 Å². The molecule has 0 unspecified atom stereocenters. The molecule has 0 bridgehead atoms. The van der Waals surface area contributed by atoms with Crippen LogP contribution in [-0.2, 0) is 4.79 Å². The fraction of sp³-hybridized carbons (Fsp3) is 0.933. The summed E-state index contributed by atoms with van der Waals surface area (Å²) in [4.78, 5) is 12.1. The fourth-order valence-electron chi connectivity index (χ4n) is 3.58. The topological polar surface area (TPSA) is 41.1 Å². The first-order chi connectivity index (χ1) is 8.79. The van der Waals surface area contributed by atoms with Gasteiger partial charge in [0.2, 0.25) is 5.91 Å². The summed E-state index contributed by atoms with van der Waals surface area (Å²) in [7, 11) is 0. The van der Waals surface area contributed by atoms with Crippen molar-refractivity contribution in [2.45, 2.75) is 64.3 Å². The lowest BCUT2D eigenvalue weighted by atomic mass is 9.76. The van der Waals surface area contributed by atoms with Gasteiger partial charge in [-0.15, -0.1) is 0 Å². The van der Waals surface area contributed by atoms with Gasteiger partial charge in [0.25, 0.3) is 0 Å². The maximum absolute atomic E-state index is 12.1. The molecule has 0 aromatic rings. The van der Waals surface area contributed by atoms with Gasteiger partial charge in [-0.2, -0.15) is 0 Å². The number of nitrogens with one attached hydrogen (secondary N) is 2. The number of hydrogen-bond donors (Lipinski definition) is 2. The number of carbonyl (C=O) groups excluding carboxylic acids is 1. The first-order valence-corrected chi connectivity index (χ1v) is 7.79. The van der Waals surface area contributed by atoms with Crippen molar-refractivity contribution in [2.75, 3.05) is 13.1 Å². The molecule has 2 fully saturated rings. The Labute approximate surface area is 111 Å². The summed E-state index contributed by atoms with van der Waals surface area (Å²) < 4.78 is 0. The van der Waals surface area contributed by atoms with Gasteiger partial charge in [0.15, 0.2) is 0 Å². The van der Waals surface area contributed by atoms with E-state index in [1.165, 1.54) is 32.1 Å². The lowest BCUT2D eigenvalue weighted by molar-refractivity contribution is -0.123. The number of rotatable bonds is 4. The molecule has 104 valence electrons. The van der Waals surface area contributed by atoms with E-state index in [-0.39, 0.29) is 0 Å². The highest BCUT2D eigenvalue weighted by atomic mass is 16.1. The molecule has 0 radical (unpaired) electrons. The first-order valence-electron chi connectivity index (χ1n) is 7.79. The van der Waals surface area contributed by atoms with Gasteiger partial charge in [-0.3, -0.25) is 4.79 Å². The monoisotopic (exact) mass is 252 g/mol. The minimum atomic E-state index is 0.298. The zero-order valence-corrected chi connectivity index (χ0v) is 11.7. The van der Waals surface area contributed by atoms with Crippen molar-refractivity contribution in [1.29, 1.82) is 0 Å². The predicted molar refractivity (Wildman–Crippen MR) is 74.4 cm³/mol. The van der Waals surface area contributed by atoms with Gasteiger partial charge in [-0.05, 0) is 44.2 Å².